The van der Waals surface area contributed by atoms with Crippen LogP contribution in [0.4, 0.5) is 5.82 Å². The number of carbonyl (C=O) groups excluding carboxylic acids is 1. The van der Waals surface area contributed by atoms with Gasteiger partial charge in [0.05, 0.1) is 0 Å². The molecule has 1 aromatic heterocycles. The monoisotopic (exact) mass is 161 g/mol. The van der Waals surface area contributed by atoms with Gasteiger partial charge in [0.25, 0.3) is 0 Å². The van der Waals surface area contributed by atoms with Gasteiger partial charge in [-0.05, 0) is 12.0 Å². The maximum Gasteiger partial charge on any atom is 0.222 e. The first-order valence-electron chi connectivity index (χ1n) is 3.29. The van der Waals surface area contributed by atoms with Crippen molar-refractivity contribution in [3.05, 3.63) is 18.1 Å². The zero-order valence-electron chi connectivity index (χ0n) is 6.53. The Labute approximate surface area is 70.0 Å². The highest BCUT2D eigenvalue weighted by molar-refractivity contribution is 5.87. The lowest BCUT2D eigenvalue weighted by Crippen LogP contribution is -2.08. The van der Waals surface area contributed by atoms with E-state index in [0.717, 1.165) is 0 Å². The number of hydrogen-bond acceptors (Lipinski definition) is 3. The molecule has 1 amide bonds. The van der Waals surface area contributed by atoms with Crippen molar-refractivity contribution >= 4 is 11.7 Å². The number of nitrogens with zero attached hydrogens (tertiary/aromatic N) is 2. The summed E-state index contributed by atoms with van der Waals surface area (Å²) in [7, 11) is 0. The largest absolute Gasteiger partial charge is 0.311 e. The maximum absolute atomic E-state index is 10.6. The van der Waals surface area contributed by atoms with Crippen molar-refractivity contribution < 1.29 is 4.79 Å². The number of anilines is 1. The van der Waals surface area contributed by atoms with Crippen molar-refractivity contribution in [3.8, 4) is 12.3 Å². The van der Waals surface area contributed by atoms with Gasteiger partial charge in [-0.25, -0.2) is 9.97 Å². The summed E-state index contributed by atoms with van der Waals surface area (Å²) < 4.78 is 0. The lowest BCUT2D eigenvalue weighted by atomic mass is 10.5. The van der Waals surface area contributed by atoms with Crippen LogP contribution in [0.1, 0.15) is 12.7 Å². The first-order valence-corrected chi connectivity index (χ1v) is 3.29. The molecule has 0 aromatic carbocycles. The third-order valence-electron chi connectivity index (χ3n) is 1.09. The van der Waals surface area contributed by atoms with E-state index < -0.39 is 0 Å². The molecule has 4 nitrogen and oxygen atoms in total. The number of amides is 1. The van der Waals surface area contributed by atoms with Crippen LogP contribution in [0.15, 0.2) is 12.3 Å². The first kappa shape index (κ1) is 8.21. The highest BCUT2D eigenvalue weighted by Crippen LogP contribution is 1.99. The Morgan fingerprint density at radius 3 is 3.08 bits per heavy atom. The predicted octanol–water partition coefficient (Wildman–Crippen LogP) is 0.416. The second kappa shape index (κ2) is 3.49. The number of rotatable bonds is 1. The van der Waals surface area contributed by atoms with Crippen molar-refractivity contribution in [1.82, 2.24) is 9.97 Å². The van der Waals surface area contributed by atoms with Crippen LogP contribution in [0.3, 0.4) is 0 Å². The van der Waals surface area contributed by atoms with Gasteiger partial charge in [-0.15, -0.1) is 6.42 Å². The minimum absolute atomic E-state index is 0.184. The zero-order valence-corrected chi connectivity index (χ0v) is 6.53. The van der Waals surface area contributed by atoms with E-state index in [-0.39, 0.29) is 11.7 Å². The van der Waals surface area contributed by atoms with Crippen molar-refractivity contribution in [2.75, 3.05) is 5.32 Å². The fourth-order valence-corrected chi connectivity index (χ4v) is 0.678. The fourth-order valence-electron chi connectivity index (χ4n) is 0.678. The molecule has 0 atom stereocenters. The second-order valence-electron chi connectivity index (χ2n) is 2.09. The smallest absolute Gasteiger partial charge is 0.222 e. The Morgan fingerprint density at radius 2 is 2.50 bits per heavy atom. The van der Waals surface area contributed by atoms with Crippen LogP contribution in [-0.4, -0.2) is 15.9 Å². The van der Waals surface area contributed by atoms with Gasteiger partial charge in [0.15, 0.2) is 0 Å². The first-order chi connectivity index (χ1) is 5.72. The molecule has 1 N–H and O–H groups in total. The molecule has 0 spiro atoms. The summed E-state index contributed by atoms with van der Waals surface area (Å²) in [6.07, 6.45) is 6.56. The minimum Gasteiger partial charge on any atom is -0.311 e. The predicted molar refractivity (Wildman–Crippen MR) is 44.3 cm³/mol. The van der Waals surface area contributed by atoms with E-state index in [1.807, 2.05) is 0 Å². The van der Waals surface area contributed by atoms with E-state index in [0.29, 0.717) is 5.82 Å². The molecule has 0 aliphatic heterocycles. The summed E-state index contributed by atoms with van der Waals surface area (Å²) in [5.41, 5.74) is 0. The number of carbonyl (C=O) groups is 1. The van der Waals surface area contributed by atoms with Crippen molar-refractivity contribution in [3.63, 3.8) is 0 Å². The number of hydrogen-bond donors (Lipinski definition) is 1. The molecule has 0 saturated heterocycles. The summed E-state index contributed by atoms with van der Waals surface area (Å²) in [6.45, 7) is 1.40. The topological polar surface area (TPSA) is 54.9 Å². The molecule has 60 valence electrons. The molecule has 0 bridgehead atoms. The van der Waals surface area contributed by atoms with Crippen molar-refractivity contribution in [2.45, 2.75) is 6.92 Å². The van der Waals surface area contributed by atoms with E-state index in [1.54, 1.807) is 6.07 Å². The summed E-state index contributed by atoms with van der Waals surface area (Å²) in [5, 5.41) is 2.49. The summed E-state index contributed by atoms with van der Waals surface area (Å²) >= 11 is 0. The lowest BCUT2D eigenvalue weighted by molar-refractivity contribution is -0.114. The highest BCUT2D eigenvalue weighted by Gasteiger charge is 1.97. The molecule has 12 heavy (non-hydrogen) atoms. The van der Waals surface area contributed by atoms with Crippen LogP contribution in [-0.2, 0) is 4.79 Å². The molecule has 0 saturated carbocycles. The molecular weight excluding hydrogens is 154 g/mol. The van der Waals surface area contributed by atoms with E-state index in [2.05, 4.69) is 21.2 Å². The Morgan fingerprint density at radius 1 is 1.75 bits per heavy atom. The standard InChI is InChI=1S/C8H7N3O/c1-3-7-9-5-4-8(11-7)10-6(2)12/h1,4-5H,2H3,(H,9,10,11,12). The third-order valence-corrected chi connectivity index (χ3v) is 1.09. The van der Waals surface area contributed by atoms with Gasteiger partial charge in [0.1, 0.15) is 5.82 Å². The van der Waals surface area contributed by atoms with Gasteiger partial charge in [0.2, 0.25) is 11.7 Å². The van der Waals surface area contributed by atoms with Gasteiger partial charge >= 0.3 is 0 Å². The summed E-state index contributed by atoms with van der Waals surface area (Å²) in [4.78, 5) is 18.2. The van der Waals surface area contributed by atoms with Crippen molar-refractivity contribution in [2.24, 2.45) is 0 Å². The van der Waals surface area contributed by atoms with Gasteiger partial charge in [0, 0.05) is 13.1 Å². The Balaban J connectivity index is 2.88. The molecule has 0 radical (unpaired) electrons. The Hall–Kier alpha value is -1.89. The van der Waals surface area contributed by atoms with Crippen LogP contribution >= 0.6 is 0 Å². The van der Waals surface area contributed by atoms with Gasteiger partial charge in [-0.3, -0.25) is 4.79 Å². The third kappa shape index (κ3) is 2.06. The molecule has 1 heterocycles. The molecule has 0 aliphatic rings. The quantitative estimate of drug-likeness (QED) is 0.607. The Bertz CT molecular complexity index is 340. The van der Waals surface area contributed by atoms with Crippen LogP contribution in [0.2, 0.25) is 0 Å². The van der Waals surface area contributed by atoms with E-state index in [1.165, 1.54) is 13.1 Å². The molecule has 0 fully saturated rings. The van der Waals surface area contributed by atoms with Gasteiger partial charge < -0.3 is 5.32 Å². The Kier molecular flexibility index (Phi) is 2.38. The van der Waals surface area contributed by atoms with E-state index >= 15 is 0 Å². The molecule has 0 aliphatic carbocycles. The van der Waals surface area contributed by atoms with Crippen molar-refractivity contribution in [1.29, 1.82) is 0 Å². The summed E-state index contributed by atoms with van der Waals surface area (Å²) in [5.74, 6) is 2.77. The summed E-state index contributed by atoms with van der Waals surface area (Å²) in [6, 6.07) is 1.57. The van der Waals surface area contributed by atoms with Gasteiger partial charge in [-0.1, -0.05) is 0 Å². The number of aromatic nitrogens is 2. The normalized spacial score (nSPS) is 8.67. The molecular formula is C8H7N3O. The van der Waals surface area contributed by atoms with Crippen LogP contribution in [0.25, 0.3) is 0 Å². The van der Waals surface area contributed by atoms with E-state index in [9.17, 15) is 4.79 Å². The van der Waals surface area contributed by atoms with Gasteiger partial charge in [-0.2, -0.15) is 0 Å². The zero-order chi connectivity index (χ0) is 8.97. The average Bonchev–Trinajstić information content (AvgIpc) is 2.03. The number of terminal acetylenes is 1. The molecule has 1 aromatic rings. The molecule has 4 heteroatoms. The average molecular weight is 161 g/mol. The fraction of sp³-hybridized carbons (Fsp3) is 0.125. The lowest BCUT2D eigenvalue weighted by Gasteiger charge is -1.98. The molecule has 0 unspecified atom stereocenters. The minimum atomic E-state index is -0.184. The van der Waals surface area contributed by atoms with E-state index in [4.69, 9.17) is 6.42 Å². The van der Waals surface area contributed by atoms with Crippen LogP contribution in [0.5, 0.6) is 0 Å². The van der Waals surface area contributed by atoms with Crippen LogP contribution < -0.4 is 5.32 Å². The molecule has 1 rings (SSSR count). The SMILES string of the molecule is C#Cc1nccc(NC(C)=O)n1. The highest BCUT2D eigenvalue weighted by atomic mass is 16.1. The van der Waals surface area contributed by atoms with Crippen LogP contribution in [0, 0.1) is 12.3 Å². The number of nitrogens with one attached hydrogen (secondary N) is 1. The maximum atomic E-state index is 10.6. The second-order valence-corrected chi connectivity index (χ2v) is 2.09.